The van der Waals surface area contributed by atoms with E-state index in [9.17, 15) is 14.7 Å². The second-order valence-electron chi connectivity index (χ2n) is 3.65. The molecule has 0 aromatic carbocycles. The first-order valence-electron chi connectivity index (χ1n) is 4.34. The van der Waals surface area contributed by atoms with Gasteiger partial charge in [-0.2, -0.15) is 0 Å². The van der Waals surface area contributed by atoms with Gasteiger partial charge in [0.2, 0.25) is 5.91 Å². The van der Waals surface area contributed by atoms with Crippen molar-refractivity contribution in [3.05, 3.63) is 0 Å². The summed E-state index contributed by atoms with van der Waals surface area (Å²) in [6, 6.07) is -0.481. The Morgan fingerprint density at radius 2 is 2.08 bits per heavy atom. The lowest BCUT2D eigenvalue weighted by Crippen LogP contribution is -2.42. The van der Waals surface area contributed by atoms with Gasteiger partial charge in [0, 0.05) is 0 Å². The van der Waals surface area contributed by atoms with E-state index in [0.717, 1.165) is 17.7 Å². The van der Waals surface area contributed by atoms with Crippen LogP contribution in [0.15, 0.2) is 0 Å². The predicted molar refractivity (Wildman–Crippen MR) is 42.0 cm³/mol. The summed E-state index contributed by atoms with van der Waals surface area (Å²) in [5.74, 6) is -0.283. The summed E-state index contributed by atoms with van der Waals surface area (Å²) in [4.78, 5) is 22.6. The van der Waals surface area contributed by atoms with Crippen LogP contribution in [0.5, 0.6) is 0 Å². The lowest BCUT2D eigenvalue weighted by Gasteiger charge is -2.21. The first kappa shape index (κ1) is 8.50. The number of carbonyl (C=O) groups excluding carboxylic acids is 1. The first-order chi connectivity index (χ1) is 6.11. The highest BCUT2D eigenvalue weighted by atomic mass is 16.4. The molecule has 0 spiro atoms. The van der Waals surface area contributed by atoms with Crippen LogP contribution in [0.4, 0.5) is 4.79 Å². The third kappa shape index (κ3) is 1.29. The van der Waals surface area contributed by atoms with E-state index in [1.54, 1.807) is 0 Å². The number of amides is 2. The van der Waals surface area contributed by atoms with Crippen LogP contribution in [0.1, 0.15) is 19.3 Å². The van der Waals surface area contributed by atoms with E-state index in [-0.39, 0.29) is 12.3 Å². The summed E-state index contributed by atoms with van der Waals surface area (Å²) in [6.07, 6.45) is -0.250. The number of aliphatic hydroxyl groups is 1. The number of carbonyl (C=O) groups is 2. The van der Waals surface area contributed by atoms with Crippen molar-refractivity contribution in [3.8, 4) is 0 Å². The number of carboxylic acid groups (broad SMARTS) is 1. The Balaban J connectivity index is 2.20. The zero-order valence-corrected chi connectivity index (χ0v) is 7.01. The highest BCUT2D eigenvalue weighted by Crippen LogP contribution is 2.40. The average molecular weight is 185 g/mol. The molecule has 2 N–H and O–H groups in total. The zero-order chi connectivity index (χ0) is 9.59. The SMILES string of the molecule is O=C(O)N1C(=O)CC(O)C1C1CC1. The van der Waals surface area contributed by atoms with Crippen LogP contribution in [0.2, 0.25) is 0 Å². The summed E-state index contributed by atoms with van der Waals surface area (Å²) >= 11 is 0. The average Bonchev–Trinajstić information content (AvgIpc) is 2.77. The van der Waals surface area contributed by atoms with E-state index in [2.05, 4.69) is 0 Å². The molecule has 2 atom stereocenters. The van der Waals surface area contributed by atoms with Gasteiger partial charge in [-0.05, 0) is 18.8 Å². The topological polar surface area (TPSA) is 77.8 Å². The fraction of sp³-hybridized carbons (Fsp3) is 0.750. The summed E-state index contributed by atoms with van der Waals surface area (Å²) in [5, 5.41) is 18.2. The number of imide groups is 1. The van der Waals surface area contributed by atoms with Gasteiger partial charge in [-0.3, -0.25) is 4.79 Å². The molecule has 1 aliphatic carbocycles. The van der Waals surface area contributed by atoms with Gasteiger partial charge in [0.25, 0.3) is 0 Å². The van der Waals surface area contributed by atoms with E-state index in [1.165, 1.54) is 0 Å². The highest BCUT2D eigenvalue weighted by Gasteiger charge is 2.49. The molecule has 0 aromatic heterocycles. The number of nitrogens with zero attached hydrogens (tertiary/aromatic N) is 1. The van der Waals surface area contributed by atoms with Crippen LogP contribution in [-0.2, 0) is 4.79 Å². The van der Waals surface area contributed by atoms with Gasteiger partial charge in [-0.15, -0.1) is 0 Å². The molecule has 2 amide bonds. The first-order valence-corrected chi connectivity index (χ1v) is 4.34. The summed E-state index contributed by atoms with van der Waals surface area (Å²) in [5.41, 5.74) is 0. The number of rotatable bonds is 1. The van der Waals surface area contributed by atoms with Gasteiger partial charge in [0.05, 0.1) is 18.6 Å². The maximum atomic E-state index is 11.2. The molecule has 13 heavy (non-hydrogen) atoms. The van der Waals surface area contributed by atoms with Gasteiger partial charge in [-0.1, -0.05) is 0 Å². The summed E-state index contributed by atoms with van der Waals surface area (Å²) in [7, 11) is 0. The minimum atomic E-state index is -1.24. The van der Waals surface area contributed by atoms with Gasteiger partial charge >= 0.3 is 6.09 Å². The fourth-order valence-electron chi connectivity index (χ4n) is 1.93. The lowest BCUT2D eigenvalue weighted by molar-refractivity contribution is -0.127. The van der Waals surface area contributed by atoms with Gasteiger partial charge in [0.1, 0.15) is 0 Å². The van der Waals surface area contributed by atoms with Crippen molar-refractivity contribution in [1.82, 2.24) is 4.90 Å². The van der Waals surface area contributed by atoms with E-state index < -0.39 is 24.1 Å². The Kier molecular flexibility index (Phi) is 1.76. The second kappa shape index (κ2) is 2.70. The molecule has 0 radical (unpaired) electrons. The normalized spacial score (nSPS) is 33.9. The number of hydrogen-bond acceptors (Lipinski definition) is 3. The monoisotopic (exact) mass is 185 g/mol. The lowest BCUT2D eigenvalue weighted by atomic mass is 10.1. The zero-order valence-electron chi connectivity index (χ0n) is 7.01. The van der Waals surface area contributed by atoms with Crippen molar-refractivity contribution < 1.29 is 19.8 Å². The smallest absolute Gasteiger partial charge is 0.414 e. The molecule has 2 fully saturated rings. The van der Waals surface area contributed by atoms with Crippen molar-refractivity contribution in [2.45, 2.75) is 31.4 Å². The van der Waals surface area contributed by atoms with Crippen molar-refractivity contribution in [3.63, 3.8) is 0 Å². The molecule has 1 saturated heterocycles. The molecule has 72 valence electrons. The Hall–Kier alpha value is -1.10. The third-order valence-electron chi connectivity index (χ3n) is 2.66. The molecular formula is C8H11NO4. The molecule has 0 aromatic rings. The van der Waals surface area contributed by atoms with E-state index >= 15 is 0 Å². The maximum Gasteiger partial charge on any atom is 0.414 e. The Morgan fingerprint density at radius 1 is 1.46 bits per heavy atom. The van der Waals surface area contributed by atoms with Crippen molar-refractivity contribution >= 4 is 12.0 Å². The van der Waals surface area contributed by atoms with Gasteiger partial charge < -0.3 is 10.2 Å². The Labute approximate surface area is 75.0 Å². The standard InChI is InChI=1S/C8H11NO4/c10-5-3-6(11)9(8(12)13)7(5)4-1-2-4/h4-5,7,10H,1-3H2,(H,12,13). The van der Waals surface area contributed by atoms with Gasteiger partial charge in [0.15, 0.2) is 0 Å². The Morgan fingerprint density at radius 3 is 2.54 bits per heavy atom. The maximum absolute atomic E-state index is 11.2. The summed E-state index contributed by atoms with van der Waals surface area (Å²) < 4.78 is 0. The molecule has 5 heteroatoms. The third-order valence-corrected chi connectivity index (χ3v) is 2.66. The van der Waals surface area contributed by atoms with Crippen molar-refractivity contribution in [2.75, 3.05) is 0 Å². The number of likely N-dealkylation sites (tertiary alicyclic amines) is 1. The van der Waals surface area contributed by atoms with Crippen LogP contribution in [0.3, 0.4) is 0 Å². The molecule has 1 saturated carbocycles. The van der Waals surface area contributed by atoms with Crippen LogP contribution >= 0.6 is 0 Å². The van der Waals surface area contributed by atoms with E-state index in [0.29, 0.717) is 0 Å². The molecule has 1 aliphatic heterocycles. The fourth-order valence-corrected chi connectivity index (χ4v) is 1.93. The summed E-state index contributed by atoms with van der Waals surface area (Å²) in [6.45, 7) is 0. The minimum Gasteiger partial charge on any atom is -0.465 e. The van der Waals surface area contributed by atoms with Crippen LogP contribution in [-0.4, -0.2) is 39.3 Å². The van der Waals surface area contributed by atoms with E-state index in [4.69, 9.17) is 5.11 Å². The van der Waals surface area contributed by atoms with Crippen LogP contribution < -0.4 is 0 Å². The van der Waals surface area contributed by atoms with Crippen LogP contribution in [0, 0.1) is 5.92 Å². The molecule has 2 aliphatic rings. The number of aliphatic hydroxyl groups excluding tert-OH is 1. The Bertz CT molecular complexity index is 261. The van der Waals surface area contributed by atoms with Crippen molar-refractivity contribution in [2.24, 2.45) is 5.92 Å². The quantitative estimate of drug-likeness (QED) is 0.604. The van der Waals surface area contributed by atoms with Gasteiger partial charge in [-0.25, -0.2) is 9.69 Å². The number of hydrogen-bond donors (Lipinski definition) is 2. The molecular weight excluding hydrogens is 174 g/mol. The van der Waals surface area contributed by atoms with E-state index in [1.807, 2.05) is 0 Å². The molecule has 2 unspecified atom stereocenters. The van der Waals surface area contributed by atoms with Crippen molar-refractivity contribution in [1.29, 1.82) is 0 Å². The molecule has 2 rings (SSSR count). The predicted octanol–water partition coefficient (Wildman–Crippen LogP) is 0.0362. The largest absolute Gasteiger partial charge is 0.465 e. The highest BCUT2D eigenvalue weighted by molar-refractivity contribution is 5.94. The molecule has 1 heterocycles. The second-order valence-corrected chi connectivity index (χ2v) is 3.65. The minimum absolute atomic E-state index is 0.0481. The molecule has 5 nitrogen and oxygen atoms in total. The molecule has 0 bridgehead atoms. The van der Waals surface area contributed by atoms with Crippen LogP contribution in [0.25, 0.3) is 0 Å².